The van der Waals surface area contributed by atoms with Gasteiger partial charge < -0.3 is 20.4 Å². The van der Waals surface area contributed by atoms with Gasteiger partial charge in [0.1, 0.15) is 6.04 Å². The number of carbonyl (C=O) groups excluding carboxylic acids is 1. The van der Waals surface area contributed by atoms with Crippen molar-refractivity contribution in [2.24, 2.45) is 33.7 Å². The zero-order valence-corrected chi connectivity index (χ0v) is 22.5. The molecule has 0 unspecified atom stereocenters. The molecule has 4 aliphatic carbocycles. The van der Waals surface area contributed by atoms with Gasteiger partial charge in [-0.15, -0.1) is 0 Å². The van der Waals surface area contributed by atoms with Crippen LogP contribution in [0.1, 0.15) is 78.6 Å². The summed E-state index contributed by atoms with van der Waals surface area (Å²) < 4.78 is 0. The van der Waals surface area contributed by atoms with Crippen LogP contribution in [-0.4, -0.2) is 58.1 Å². The molecule has 0 aliphatic heterocycles. The summed E-state index contributed by atoms with van der Waals surface area (Å²) >= 11 is 1.55. The minimum absolute atomic E-state index is 0.0382. The lowest BCUT2D eigenvalue weighted by molar-refractivity contribution is -0.142. The van der Waals surface area contributed by atoms with E-state index in [1.807, 2.05) is 6.26 Å². The van der Waals surface area contributed by atoms with Crippen molar-refractivity contribution in [1.29, 1.82) is 0 Å². The Morgan fingerprint density at radius 2 is 1.91 bits per heavy atom. The maximum atomic E-state index is 12.2. The SMILES string of the molecule is CSCC[C@H](NC(=O)CO/N=C1\C=C2CC[C@@H]3[C@H](CC[C@@]4(C)[C@H]3CC[C@]4(C)O)[C@@]2(C)CC1)C(=O)O. The number of hydrogen-bond donors (Lipinski definition) is 3. The molecule has 0 heterocycles. The number of hydrogen-bond acceptors (Lipinski definition) is 6. The lowest BCUT2D eigenvalue weighted by Crippen LogP contribution is -2.53. The molecule has 3 N–H and O–H groups in total. The van der Waals surface area contributed by atoms with Crippen LogP contribution in [0.5, 0.6) is 0 Å². The fourth-order valence-corrected chi connectivity index (χ4v) is 8.26. The molecule has 8 heteroatoms. The first kappa shape index (κ1) is 26.5. The summed E-state index contributed by atoms with van der Waals surface area (Å²) in [7, 11) is 0. The van der Waals surface area contributed by atoms with Crippen LogP contribution in [0, 0.1) is 28.6 Å². The summed E-state index contributed by atoms with van der Waals surface area (Å²) in [5.74, 6) is 1.10. The zero-order valence-electron chi connectivity index (χ0n) is 21.6. The number of nitrogens with zero attached hydrogens (tertiary/aromatic N) is 1. The number of rotatable bonds is 8. The molecule has 196 valence electrons. The average Bonchev–Trinajstić information content (AvgIpc) is 3.05. The zero-order chi connectivity index (χ0) is 25.4. The van der Waals surface area contributed by atoms with Crippen LogP contribution in [-0.2, 0) is 14.4 Å². The Bertz CT molecular complexity index is 902. The lowest BCUT2D eigenvalue weighted by Gasteiger charge is -2.59. The standard InChI is InChI=1S/C27H42N2O5S/c1-25-11-7-18(29-34-16-23(30)28-22(24(31)32)10-14-35-4)15-17(25)5-6-19-20(25)8-12-26(2)21(19)9-13-27(26,3)33/h15,19-22,33H,5-14,16H2,1-4H3,(H,28,30)(H,31,32)/b29-18-/t19-,20+,21+,22+,25+,26+,27+/m1/s1. The van der Waals surface area contributed by atoms with Gasteiger partial charge >= 0.3 is 5.97 Å². The van der Waals surface area contributed by atoms with E-state index in [0.717, 1.165) is 44.2 Å². The molecule has 3 saturated carbocycles. The van der Waals surface area contributed by atoms with E-state index in [1.54, 1.807) is 11.8 Å². The molecule has 35 heavy (non-hydrogen) atoms. The summed E-state index contributed by atoms with van der Waals surface area (Å²) in [4.78, 5) is 28.8. The van der Waals surface area contributed by atoms with Crippen LogP contribution < -0.4 is 5.32 Å². The summed E-state index contributed by atoms with van der Waals surface area (Å²) in [5.41, 5.74) is 1.98. The molecule has 0 aromatic heterocycles. The van der Waals surface area contributed by atoms with E-state index in [0.29, 0.717) is 29.9 Å². The van der Waals surface area contributed by atoms with Gasteiger partial charge in [0.25, 0.3) is 5.91 Å². The number of aliphatic hydroxyl groups is 1. The summed E-state index contributed by atoms with van der Waals surface area (Å²) in [6, 6.07) is -0.903. The molecule has 0 saturated heterocycles. The number of allylic oxidation sites excluding steroid dienone is 2. The molecule has 0 radical (unpaired) electrons. The van der Waals surface area contributed by atoms with E-state index in [-0.39, 0.29) is 17.4 Å². The number of fused-ring (bicyclic) bond motifs is 5. The number of carboxylic acids is 1. The smallest absolute Gasteiger partial charge is 0.326 e. The van der Waals surface area contributed by atoms with Crippen molar-refractivity contribution >= 4 is 29.4 Å². The normalized spacial score (nSPS) is 40.2. The van der Waals surface area contributed by atoms with Crippen LogP contribution in [0.25, 0.3) is 0 Å². The third-order valence-electron chi connectivity index (χ3n) is 10.2. The number of carboxylic acid groups (broad SMARTS) is 1. The van der Waals surface area contributed by atoms with Crippen LogP contribution in [0.15, 0.2) is 16.8 Å². The number of carbonyl (C=O) groups is 2. The summed E-state index contributed by atoms with van der Waals surface area (Å²) in [6.07, 6.45) is 12.9. The van der Waals surface area contributed by atoms with Gasteiger partial charge in [-0.2, -0.15) is 11.8 Å². The molecular weight excluding hydrogens is 464 g/mol. The Balaban J connectivity index is 1.37. The van der Waals surface area contributed by atoms with Gasteiger partial charge in [0.15, 0.2) is 6.61 Å². The maximum absolute atomic E-state index is 12.2. The summed E-state index contributed by atoms with van der Waals surface area (Å²) in [5, 5.41) is 27.1. The Kier molecular flexibility index (Phi) is 7.64. The van der Waals surface area contributed by atoms with E-state index >= 15 is 0 Å². The molecule has 4 aliphatic rings. The second kappa shape index (κ2) is 10.1. The van der Waals surface area contributed by atoms with Gasteiger partial charge in [0.2, 0.25) is 0 Å². The fraction of sp³-hybridized carbons (Fsp3) is 0.815. The molecule has 7 atom stereocenters. The van der Waals surface area contributed by atoms with Crippen molar-refractivity contribution in [2.45, 2.75) is 90.2 Å². The number of aliphatic carboxylic acids is 1. The highest BCUT2D eigenvalue weighted by atomic mass is 32.2. The third-order valence-corrected chi connectivity index (χ3v) is 10.8. The van der Waals surface area contributed by atoms with Gasteiger partial charge in [-0.05, 0) is 111 Å². The van der Waals surface area contributed by atoms with Crippen molar-refractivity contribution in [3.05, 3.63) is 11.6 Å². The van der Waals surface area contributed by atoms with Crippen LogP contribution >= 0.6 is 11.8 Å². The lowest BCUT2D eigenvalue weighted by atomic mass is 9.46. The van der Waals surface area contributed by atoms with E-state index < -0.39 is 23.5 Å². The highest BCUT2D eigenvalue weighted by Gasteiger charge is 2.62. The third kappa shape index (κ3) is 4.89. The highest BCUT2D eigenvalue weighted by Crippen LogP contribution is 2.67. The van der Waals surface area contributed by atoms with Crippen molar-refractivity contribution in [3.63, 3.8) is 0 Å². The largest absolute Gasteiger partial charge is 0.480 e. The van der Waals surface area contributed by atoms with Crippen molar-refractivity contribution in [1.82, 2.24) is 5.32 Å². The molecule has 7 nitrogen and oxygen atoms in total. The topological polar surface area (TPSA) is 108 Å². The number of amides is 1. The van der Waals surface area contributed by atoms with E-state index in [2.05, 4.69) is 37.3 Å². The van der Waals surface area contributed by atoms with Gasteiger partial charge in [-0.25, -0.2) is 4.79 Å². The number of nitrogens with one attached hydrogen (secondary N) is 1. The van der Waals surface area contributed by atoms with Crippen molar-refractivity contribution in [3.8, 4) is 0 Å². The van der Waals surface area contributed by atoms with Gasteiger partial charge in [0.05, 0.1) is 11.3 Å². The summed E-state index contributed by atoms with van der Waals surface area (Å²) in [6.45, 7) is 6.53. The molecule has 1 amide bonds. The highest BCUT2D eigenvalue weighted by molar-refractivity contribution is 7.98. The Morgan fingerprint density at radius 1 is 1.17 bits per heavy atom. The van der Waals surface area contributed by atoms with E-state index in [9.17, 15) is 19.8 Å². The second-order valence-electron chi connectivity index (χ2n) is 11.9. The first-order chi connectivity index (χ1) is 16.5. The predicted molar refractivity (Wildman–Crippen MR) is 138 cm³/mol. The monoisotopic (exact) mass is 506 g/mol. The molecule has 0 aromatic carbocycles. The molecule has 0 aromatic rings. The molecule has 3 fully saturated rings. The average molecular weight is 507 g/mol. The predicted octanol–water partition coefficient (Wildman–Crippen LogP) is 4.40. The Hall–Kier alpha value is -1.54. The van der Waals surface area contributed by atoms with Gasteiger partial charge in [-0.3, -0.25) is 4.79 Å². The fourth-order valence-electron chi connectivity index (χ4n) is 7.79. The molecule has 0 bridgehead atoms. The minimum atomic E-state index is -1.03. The van der Waals surface area contributed by atoms with Crippen molar-refractivity contribution in [2.75, 3.05) is 18.6 Å². The second-order valence-corrected chi connectivity index (χ2v) is 12.9. The van der Waals surface area contributed by atoms with Gasteiger partial charge in [0, 0.05) is 0 Å². The molecule has 0 spiro atoms. The van der Waals surface area contributed by atoms with E-state index in [1.165, 1.54) is 18.4 Å². The first-order valence-corrected chi connectivity index (χ1v) is 14.5. The Labute approximate surface area is 213 Å². The maximum Gasteiger partial charge on any atom is 0.326 e. The van der Waals surface area contributed by atoms with Crippen LogP contribution in [0.2, 0.25) is 0 Å². The first-order valence-electron chi connectivity index (χ1n) is 13.2. The minimum Gasteiger partial charge on any atom is -0.480 e. The number of oxime groups is 1. The Morgan fingerprint density at radius 3 is 2.63 bits per heavy atom. The van der Waals surface area contributed by atoms with Crippen LogP contribution in [0.4, 0.5) is 0 Å². The molecular formula is C27H42N2O5S. The van der Waals surface area contributed by atoms with Crippen LogP contribution in [0.3, 0.4) is 0 Å². The van der Waals surface area contributed by atoms with Gasteiger partial charge in [-0.1, -0.05) is 24.6 Å². The molecule has 4 rings (SSSR count). The van der Waals surface area contributed by atoms with E-state index in [4.69, 9.17) is 4.84 Å². The van der Waals surface area contributed by atoms with Crippen molar-refractivity contribution < 1.29 is 24.6 Å². The number of thioether (sulfide) groups is 1. The quantitative estimate of drug-likeness (QED) is 0.421.